The number of rotatable bonds is 6. The summed E-state index contributed by atoms with van der Waals surface area (Å²) in [5.41, 5.74) is -2.66. The van der Waals surface area contributed by atoms with E-state index in [0.717, 1.165) is 6.07 Å². The third-order valence-electron chi connectivity index (χ3n) is 2.18. The summed E-state index contributed by atoms with van der Waals surface area (Å²) in [4.78, 5) is 0. The monoisotopic (exact) mass is 237 g/mol. The molecule has 0 aliphatic heterocycles. The summed E-state index contributed by atoms with van der Waals surface area (Å²) in [5, 5.41) is 71.6. The van der Waals surface area contributed by atoms with Crippen LogP contribution in [0.2, 0.25) is 0 Å². The number of nitriles is 1. The van der Waals surface area contributed by atoms with Crippen molar-refractivity contribution in [1.29, 1.82) is 5.26 Å². The molecule has 16 heavy (non-hydrogen) atoms. The fourth-order valence-corrected chi connectivity index (χ4v) is 1.000. The van der Waals surface area contributed by atoms with E-state index in [1.807, 2.05) is 0 Å². The van der Waals surface area contributed by atoms with Gasteiger partial charge in [0, 0.05) is 0 Å². The molecule has 0 aromatic carbocycles. The first kappa shape index (κ1) is 15.2. The van der Waals surface area contributed by atoms with Crippen molar-refractivity contribution in [2.24, 2.45) is 0 Å². The van der Waals surface area contributed by atoms with Crippen LogP contribution in [0.4, 0.5) is 0 Å². The maximum Gasteiger partial charge on any atom is 0.202 e. The van der Waals surface area contributed by atoms with Gasteiger partial charge < -0.3 is 35.7 Å². The Balaban J connectivity index is 4.73. The number of aliphatic hydroxyl groups is 7. The molecule has 0 saturated carbocycles. The van der Waals surface area contributed by atoms with E-state index in [1.54, 1.807) is 0 Å². The van der Waals surface area contributed by atoms with Crippen molar-refractivity contribution in [1.82, 2.24) is 0 Å². The van der Waals surface area contributed by atoms with Gasteiger partial charge in [-0.3, -0.25) is 0 Å². The first-order valence-corrected chi connectivity index (χ1v) is 4.41. The van der Waals surface area contributed by atoms with Gasteiger partial charge in [-0.1, -0.05) is 0 Å². The van der Waals surface area contributed by atoms with Gasteiger partial charge in [0.25, 0.3) is 0 Å². The average molecular weight is 237 g/mol. The highest BCUT2D eigenvalue weighted by molar-refractivity contribution is 5.08. The van der Waals surface area contributed by atoms with Crippen LogP contribution in [-0.2, 0) is 0 Å². The van der Waals surface area contributed by atoms with Gasteiger partial charge in [0.1, 0.15) is 30.5 Å². The molecule has 0 saturated heterocycles. The molecule has 94 valence electrons. The lowest BCUT2D eigenvalue weighted by molar-refractivity contribution is -0.165. The molecule has 8 nitrogen and oxygen atoms in total. The standard InChI is InChI=1S/C8H15NO7/c9-2-8(16,3-11)7(15)6(14)5(13)4(12)1-10/h4-7,10-16H,1,3H2/t4-,5+,6-,7-,8-/m0/s1. The van der Waals surface area contributed by atoms with Crippen molar-refractivity contribution in [2.75, 3.05) is 13.2 Å². The summed E-state index contributed by atoms with van der Waals surface area (Å²) >= 11 is 0. The summed E-state index contributed by atoms with van der Waals surface area (Å²) < 4.78 is 0. The minimum absolute atomic E-state index is 0.880. The molecule has 0 rings (SSSR count). The number of nitrogens with zero attached hydrogens (tertiary/aromatic N) is 1. The molecule has 0 aliphatic carbocycles. The Morgan fingerprint density at radius 1 is 1.06 bits per heavy atom. The zero-order chi connectivity index (χ0) is 12.9. The third kappa shape index (κ3) is 3.10. The lowest BCUT2D eigenvalue weighted by atomic mass is 9.90. The molecule has 8 heteroatoms. The lowest BCUT2D eigenvalue weighted by Gasteiger charge is -2.31. The van der Waals surface area contributed by atoms with Gasteiger partial charge in [0.05, 0.1) is 13.2 Å². The van der Waals surface area contributed by atoms with E-state index < -0.39 is 43.2 Å². The summed E-state index contributed by atoms with van der Waals surface area (Å²) in [5.74, 6) is 0. The fourth-order valence-electron chi connectivity index (χ4n) is 1.000. The summed E-state index contributed by atoms with van der Waals surface area (Å²) in [6.45, 7) is -2.04. The van der Waals surface area contributed by atoms with E-state index in [4.69, 9.17) is 20.6 Å². The summed E-state index contributed by atoms with van der Waals surface area (Å²) in [7, 11) is 0. The molecule has 0 radical (unpaired) electrons. The van der Waals surface area contributed by atoms with E-state index in [2.05, 4.69) is 0 Å². The molecule has 0 aliphatic rings. The second kappa shape index (κ2) is 6.07. The summed E-state index contributed by atoms with van der Waals surface area (Å²) in [6, 6.07) is 1.16. The van der Waals surface area contributed by atoms with E-state index in [0.29, 0.717) is 0 Å². The average Bonchev–Trinajstić information content (AvgIpc) is 2.33. The van der Waals surface area contributed by atoms with Crippen molar-refractivity contribution in [3.8, 4) is 6.07 Å². The molecular weight excluding hydrogens is 222 g/mol. The van der Waals surface area contributed by atoms with Crippen molar-refractivity contribution in [2.45, 2.75) is 30.0 Å². The van der Waals surface area contributed by atoms with Crippen LogP contribution in [0.25, 0.3) is 0 Å². The highest BCUT2D eigenvalue weighted by atomic mass is 16.4. The topological polar surface area (TPSA) is 165 Å². The second-order valence-corrected chi connectivity index (χ2v) is 3.37. The van der Waals surface area contributed by atoms with Crippen molar-refractivity contribution < 1.29 is 35.7 Å². The largest absolute Gasteiger partial charge is 0.394 e. The SMILES string of the molecule is N#C[C@](O)(CO)[C@@H](O)[C@@H](O)[C@H](O)[C@@H](O)CO. The minimum Gasteiger partial charge on any atom is -0.394 e. The molecule has 5 atom stereocenters. The number of hydrogen-bond acceptors (Lipinski definition) is 8. The lowest BCUT2D eigenvalue weighted by Crippen LogP contribution is -2.56. The molecule has 0 unspecified atom stereocenters. The van der Waals surface area contributed by atoms with Gasteiger partial charge in [-0.2, -0.15) is 5.26 Å². The molecule has 0 aromatic rings. The first-order chi connectivity index (χ1) is 7.33. The van der Waals surface area contributed by atoms with Crippen LogP contribution in [0, 0.1) is 11.3 Å². The van der Waals surface area contributed by atoms with E-state index in [9.17, 15) is 20.4 Å². The predicted molar refractivity (Wildman–Crippen MR) is 48.8 cm³/mol. The van der Waals surface area contributed by atoms with Crippen LogP contribution in [0.5, 0.6) is 0 Å². The Kier molecular flexibility index (Phi) is 5.77. The van der Waals surface area contributed by atoms with Crippen LogP contribution in [0.1, 0.15) is 0 Å². The van der Waals surface area contributed by atoms with Crippen LogP contribution < -0.4 is 0 Å². The smallest absolute Gasteiger partial charge is 0.202 e. The zero-order valence-corrected chi connectivity index (χ0v) is 8.30. The van der Waals surface area contributed by atoms with Gasteiger partial charge in [-0.05, 0) is 0 Å². The third-order valence-corrected chi connectivity index (χ3v) is 2.18. The van der Waals surface area contributed by atoms with Gasteiger partial charge >= 0.3 is 0 Å². The Bertz CT molecular complexity index is 255. The Morgan fingerprint density at radius 2 is 1.56 bits per heavy atom. The molecule has 0 fully saturated rings. The minimum atomic E-state index is -2.66. The van der Waals surface area contributed by atoms with Crippen LogP contribution >= 0.6 is 0 Å². The van der Waals surface area contributed by atoms with Gasteiger partial charge in [0.15, 0.2) is 0 Å². The normalized spacial score (nSPS) is 22.6. The highest BCUT2D eigenvalue weighted by Crippen LogP contribution is 2.16. The van der Waals surface area contributed by atoms with Gasteiger partial charge in [-0.15, -0.1) is 0 Å². The van der Waals surface area contributed by atoms with Gasteiger partial charge in [-0.25, -0.2) is 0 Å². The van der Waals surface area contributed by atoms with Crippen LogP contribution in [0.3, 0.4) is 0 Å². The fraction of sp³-hybridized carbons (Fsp3) is 0.875. The number of hydrogen-bond donors (Lipinski definition) is 7. The summed E-state index contributed by atoms with van der Waals surface area (Å²) in [6.07, 6.45) is -8.00. The van der Waals surface area contributed by atoms with Crippen molar-refractivity contribution in [3.05, 3.63) is 0 Å². The molecule has 0 aromatic heterocycles. The van der Waals surface area contributed by atoms with Crippen LogP contribution in [-0.4, -0.2) is 79.0 Å². The Hall–Kier alpha value is -0.790. The molecule has 0 spiro atoms. The zero-order valence-electron chi connectivity index (χ0n) is 8.30. The van der Waals surface area contributed by atoms with Gasteiger partial charge in [0.2, 0.25) is 5.60 Å². The molecular formula is C8H15NO7. The molecule has 0 amide bonds. The molecule has 7 N–H and O–H groups in total. The second-order valence-electron chi connectivity index (χ2n) is 3.37. The maximum absolute atomic E-state index is 9.32. The quantitative estimate of drug-likeness (QED) is 0.228. The van der Waals surface area contributed by atoms with Crippen molar-refractivity contribution in [3.63, 3.8) is 0 Å². The maximum atomic E-state index is 9.32. The van der Waals surface area contributed by atoms with E-state index >= 15 is 0 Å². The van der Waals surface area contributed by atoms with E-state index in [1.165, 1.54) is 0 Å². The molecule has 0 heterocycles. The molecule has 0 bridgehead atoms. The van der Waals surface area contributed by atoms with Crippen LogP contribution in [0.15, 0.2) is 0 Å². The predicted octanol–water partition coefficient (Wildman–Crippen LogP) is -4.33. The Labute approximate surface area is 91.2 Å². The van der Waals surface area contributed by atoms with E-state index in [-0.39, 0.29) is 0 Å². The number of aliphatic hydroxyl groups excluding tert-OH is 6. The first-order valence-electron chi connectivity index (χ1n) is 4.41. The Morgan fingerprint density at radius 3 is 1.88 bits per heavy atom. The highest BCUT2D eigenvalue weighted by Gasteiger charge is 2.44. The van der Waals surface area contributed by atoms with Crippen molar-refractivity contribution >= 4 is 0 Å².